The van der Waals surface area contributed by atoms with Gasteiger partial charge in [0, 0.05) is 12.4 Å². The van der Waals surface area contributed by atoms with Gasteiger partial charge in [0.2, 0.25) is 0 Å². The van der Waals surface area contributed by atoms with E-state index < -0.39 is 18.0 Å². The summed E-state index contributed by atoms with van der Waals surface area (Å²) in [5.74, 6) is -2.33. The molecule has 0 aliphatic heterocycles. The fourth-order valence-electron chi connectivity index (χ4n) is 1.35. The fourth-order valence-corrected chi connectivity index (χ4v) is 1.35. The lowest BCUT2D eigenvalue weighted by atomic mass is 10.2. The molecule has 0 saturated heterocycles. The van der Waals surface area contributed by atoms with Gasteiger partial charge in [-0.05, 0) is 12.2 Å². The molecule has 0 aromatic heterocycles. The first-order chi connectivity index (χ1) is 9.23. The van der Waals surface area contributed by atoms with Crippen LogP contribution in [0.25, 0.3) is 0 Å². The minimum absolute atomic E-state index is 0. The second-order valence-electron chi connectivity index (χ2n) is 6.90. The van der Waals surface area contributed by atoms with E-state index in [4.69, 9.17) is 5.11 Å². The Balaban J connectivity index is -0.000000315. The molecule has 132 valence electrons. The smallest absolute Gasteiger partial charge is 0.108 e. The van der Waals surface area contributed by atoms with Crippen molar-refractivity contribution in [3.05, 3.63) is 12.2 Å². The zero-order valence-corrected chi connectivity index (χ0v) is 14.3. The molecule has 0 saturated carbocycles. The van der Waals surface area contributed by atoms with Crippen LogP contribution in [0.4, 0.5) is 0 Å². The van der Waals surface area contributed by atoms with E-state index in [0.29, 0.717) is 17.6 Å². The van der Waals surface area contributed by atoms with Gasteiger partial charge in [0.05, 0.1) is 54.8 Å². The maximum atomic E-state index is 10.0. The number of nitrogens with zero attached hydrogens (tertiary/aromatic N) is 2. The van der Waals surface area contributed by atoms with Crippen molar-refractivity contribution in [3.63, 3.8) is 0 Å². The number of aliphatic carboxylic acids is 2. The Kier molecular flexibility index (Phi) is 12.9. The number of aliphatic hydroxyl groups is 1. The highest BCUT2D eigenvalue weighted by atomic mass is 16.4. The van der Waals surface area contributed by atoms with Gasteiger partial charge in [-0.3, -0.25) is 0 Å². The molecule has 0 amide bonds. The summed E-state index contributed by atoms with van der Waals surface area (Å²) >= 11 is 0. The lowest BCUT2D eigenvalue weighted by Crippen LogP contribution is -2.43. The molecule has 22 heavy (non-hydrogen) atoms. The van der Waals surface area contributed by atoms with Gasteiger partial charge in [0.15, 0.2) is 0 Å². The van der Waals surface area contributed by atoms with Gasteiger partial charge >= 0.3 is 0 Å². The van der Waals surface area contributed by atoms with Crippen LogP contribution >= 0.6 is 0 Å². The normalized spacial score (nSPS) is 12.9. The summed E-state index contributed by atoms with van der Waals surface area (Å²) in [6.07, 6.45) is 1.56. The number of carbonyl (C=O) groups is 2. The molecule has 3 N–H and O–H groups in total. The average molecular weight is 322 g/mol. The first-order valence-corrected chi connectivity index (χ1v) is 6.59. The lowest BCUT2D eigenvalue weighted by Gasteiger charge is -2.26. The van der Waals surface area contributed by atoms with Crippen molar-refractivity contribution in [1.29, 1.82) is 0 Å². The number of aliphatic hydroxyl groups excluding tert-OH is 1. The predicted octanol–water partition coefficient (Wildman–Crippen LogP) is -3.63. The minimum Gasteiger partial charge on any atom is -0.550 e. The topological polar surface area (TPSA) is 132 Å². The van der Waals surface area contributed by atoms with E-state index in [1.54, 1.807) is 6.08 Å². The van der Waals surface area contributed by atoms with Crippen molar-refractivity contribution in [2.24, 2.45) is 0 Å². The van der Waals surface area contributed by atoms with E-state index in [2.05, 4.69) is 0 Å². The van der Waals surface area contributed by atoms with Crippen LogP contribution in [0.2, 0.25) is 0 Å². The lowest BCUT2D eigenvalue weighted by molar-refractivity contribution is -0.873. The number of quaternary nitrogens is 2. The van der Waals surface area contributed by atoms with Crippen LogP contribution in [0.15, 0.2) is 12.2 Å². The Hall–Kier alpha value is -1.48. The van der Waals surface area contributed by atoms with Crippen LogP contribution < -0.4 is 10.2 Å². The summed E-state index contributed by atoms with van der Waals surface area (Å²) in [6.45, 7) is 1.13. The fraction of sp³-hybridized carbons (Fsp3) is 0.714. The molecule has 0 bridgehead atoms. The summed E-state index contributed by atoms with van der Waals surface area (Å²) < 4.78 is 1.28. The van der Waals surface area contributed by atoms with Crippen LogP contribution in [0.5, 0.6) is 0 Å². The standard InChI is InChI=1S/C7H15NO3.C7H13NO2.H2O/c1-8(2,3)5-6(9)4-7(10)11;1-8(2,3)6-4-5-7(9)10;/h6,9H,4-5H2,1-3H3;4-5H,6H2,1-3H3;1H2/b;5-4+;/t6-;;/m0../s1. The van der Waals surface area contributed by atoms with E-state index >= 15 is 0 Å². The van der Waals surface area contributed by atoms with E-state index in [1.165, 1.54) is 0 Å². The summed E-state index contributed by atoms with van der Waals surface area (Å²) in [5.41, 5.74) is 0. The third-order valence-corrected chi connectivity index (χ3v) is 2.07. The van der Waals surface area contributed by atoms with Crippen LogP contribution in [0.3, 0.4) is 0 Å². The number of carboxylic acids is 2. The molecule has 0 rings (SSSR count). The van der Waals surface area contributed by atoms with Gasteiger partial charge in [-0.15, -0.1) is 0 Å². The molecule has 0 spiro atoms. The Morgan fingerprint density at radius 2 is 1.50 bits per heavy atom. The van der Waals surface area contributed by atoms with Gasteiger partial charge in [0.1, 0.15) is 12.6 Å². The van der Waals surface area contributed by atoms with E-state index in [9.17, 15) is 19.8 Å². The molecule has 0 fully saturated rings. The number of hydrogen-bond donors (Lipinski definition) is 1. The molecule has 0 unspecified atom stereocenters. The third-order valence-electron chi connectivity index (χ3n) is 2.07. The van der Waals surface area contributed by atoms with Crippen molar-refractivity contribution in [3.8, 4) is 0 Å². The third kappa shape index (κ3) is 27.0. The number of carboxylic acid groups (broad SMARTS) is 2. The summed E-state index contributed by atoms with van der Waals surface area (Å²) in [5, 5.41) is 29.0. The second-order valence-corrected chi connectivity index (χ2v) is 6.90. The highest BCUT2D eigenvalue weighted by Gasteiger charge is 2.14. The highest BCUT2D eigenvalue weighted by molar-refractivity contribution is 5.77. The Bertz CT molecular complexity index is 355. The first kappa shape index (κ1) is 25.5. The van der Waals surface area contributed by atoms with Gasteiger partial charge in [0.25, 0.3) is 0 Å². The number of likely N-dealkylation sites (N-methyl/N-ethyl adjacent to an activating group) is 2. The molecule has 8 heteroatoms. The molecule has 8 nitrogen and oxygen atoms in total. The van der Waals surface area contributed by atoms with Crippen LogP contribution in [-0.4, -0.2) is 93.0 Å². The van der Waals surface area contributed by atoms with E-state index in [1.807, 2.05) is 42.3 Å². The van der Waals surface area contributed by atoms with Gasteiger partial charge in [-0.2, -0.15) is 0 Å². The predicted molar refractivity (Wildman–Crippen MR) is 79.2 cm³/mol. The molecule has 0 aromatic rings. The Morgan fingerprint density at radius 3 is 1.77 bits per heavy atom. The zero-order chi connectivity index (χ0) is 17.3. The molecule has 0 aliphatic carbocycles. The second kappa shape index (κ2) is 11.1. The SMILES string of the molecule is C[N+](C)(C)C/C=C/C(=O)[O-].C[N+](C)(C)C[C@@H](O)CC(=O)[O-].O. The van der Waals surface area contributed by atoms with Gasteiger partial charge < -0.3 is 39.4 Å². The Morgan fingerprint density at radius 1 is 1.05 bits per heavy atom. The van der Waals surface area contributed by atoms with Crippen molar-refractivity contribution in [1.82, 2.24) is 0 Å². The largest absolute Gasteiger partial charge is 0.550 e. The van der Waals surface area contributed by atoms with Crippen molar-refractivity contribution in [2.75, 3.05) is 55.4 Å². The molecule has 1 atom stereocenters. The molecule has 0 heterocycles. The average Bonchev–Trinajstić information content (AvgIpc) is 2.09. The van der Waals surface area contributed by atoms with Crippen LogP contribution in [0, 0.1) is 0 Å². The van der Waals surface area contributed by atoms with E-state index in [-0.39, 0.29) is 11.9 Å². The van der Waals surface area contributed by atoms with Crippen LogP contribution in [-0.2, 0) is 9.59 Å². The van der Waals surface area contributed by atoms with Crippen molar-refractivity contribution in [2.45, 2.75) is 12.5 Å². The molecular formula is C14H30N2O6. The molecule has 0 aliphatic rings. The van der Waals surface area contributed by atoms with E-state index in [0.717, 1.165) is 10.6 Å². The summed E-state index contributed by atoms with van der Waals surface area (Å²) in [7, 11) is 11.6. The monoisotopic (exact) mass is 322 g/mol. The van der Waals surface area contributed by atoms with Crippen molar-refractivity contribution >= 4 is 11.9 Å². The summed E-state index contributed by atoms with van der Waals surface area (Å²) in [4.78, 5) is 19.9. The number of hydrogen-bond acceptors (Lipinski definition) is 5. The highest BCUT2D eigenvalue weighted by Crippen LogP contribution is 1.97. The molecular weight excluding hydrogens is 292 g/mol. The van der Waals surface area contributed by atoms with Gasteiger partial charge in [-0.1, -0.05) is 0 Å². The Labute approximate surface area is 132 Å². The number of carbonyl (C=O) groups excluding carboxylic acids is 2. The molecule has 0 aromatic carbocycles. The van der Waals surface area contributed by atoms with Crippen LogP contribution in [0.1, 0.15) is 6.42 Å². The quantitative estimate of drug-likeness (QED) is 0.381. The zero-order valence-electron chi connectivity index (χ0n) is 14.3. The van der Waals surface area contributed by atoms with Gasteiger partial charge in [-0.25, -0.2) is 0 Å². The molecule has 0 radical (unpaired) electrons. The summed E-state index contributed by atoms with van der Waals surface area (Å²) in [6, 6.07) is 0. The maximum Gasteiger partial charge on any atom is 0.108 e. The number of rotatable bonds is 7. The minimum atomic E-state index is -1.20. The van der Waals surface area contributed by atoms with Crippen molar-refractivity contribution < 1.29 is 39.4 Å². The first-order valence-electron chi connectivity index (χ1n) is 6.59. The maximum absolute atomic E-state index is 10.0.